The van der Waals surface area contributed by atoms with E-state index < -0.39 is 0 Å². The molecule has 1 saturated heterocycles. The summed E-state index contributed by atoms with van der Waals surface area (Å²) >= 11 is 9.32. The van der Waals surface area contributed by atoms with Gasteiger partial charge in [0.15, 0.2) is 0 Å². The summed E-state index contributed by atoms with van der Waals surface area (Å²) in [6, 6.07) is 81.8. The number of rotatable bonds is 34. The van der Waals surface area contributed by atoms with Crippen LogP contribution in [-0.4, -0.2) is 18.3 Å². The molecule has 0 spiro atoms. The number of hydrogen-bond acceptors (Lipinski definition) is 2. The molecule has 1 heterocycles. The van der Waals surface area contributed by atoms with Crippen LogP contribution in [0.3, 0.4) is 0 Å². The van der Waals surface area contributed by atoms with Crippen LogP contribution in [0.15, 0.2) is 227 Å². The summed E-state index contributed by atoms with van der Waals surface area (Å²) in [5.74, 6) is 0. The summed E-state index contributed by atoms with van der Waals surface area (Å²) in [6.07, 6.45) is 31.9. The molecule has 0 saturated carbocycles. The molecule has 6 heteroatoms. The maximum Gasteiger partial charge on any atom is 0.495 e. The minimum absolute atomic E-state index is 0. The molecule has 10 aromatic rings. The molecule has 0 amide bonds. The highest BCUT2D eigenvalue weighted by molar-refractivity contribution is 14.1. The molecule has 0 aliphatic carbocycles. The largest absolute Gasteiger partial charge is 0.495 e. The molecule has 0 atom stereocenters. The fourth-order valence-corrected chi connectivity index (χ4v) is 15.0. The first-order chi connectivity index (χ1) is 50.5. The molecule has 1 aliphatic heterocycles. The Morgan fingerprint density at radius 1 is 0.276 bits per heavy atom. The Bertz CT molecular complexity index is 4080. The molecular weight excluding hydrogens is 1520 g/mol. The first kappa shape index (κ1) is 84.5. The Hall–Kier alpha value is -6.13. The third-order valence-electron chi connectivity index (χ3n) is 21.4. The van der Waals surface area contributed by atoms with E-state index in [4.69, 9.17) is 9.31 Å². The van der Waals surface area contributed by atoms with Crippen LogP contribution >= 0.6 is 54.5 Å². The van der Waals surface area contributed by atoms with Crippen molar-refractivity contribution in [2.45, 2.75) is 255 Å². The van der Waals surface area contributed by atoms with Crippen LogP contribution < -0.4 is 5.46 Å². The first-order valence-electron chi connectivity index (χ1n) is 40.0. The standard InChI is InChI=1S/C46H53Br.C40H57BO2.C12H8BrI.CH4/c1-4-7-10-12-15-42-34-46(41-27-23-38(24-28-41)39-29-31-44(47)32-30-39)43(16-13-11-8-5-2)33-45(42)40-25-21-37(22-26-40)36-19-17-35(18-20-36)14-9-6-3;1-8-11-14-16-19-35-30-38(41-42-39(4,5)40(6,7)43-41)36(20-17-15-12-9-2)29-37(35)34-27-25-33(26-28-34)32-23-21-31(22-24-32)18-13-10-3;13-11-5-1-9(2-6-11)10-3-7-12(14)8-4-10;/h17-34H,4-16H2,1-3H3;21-30H,8-20H2,1-7H3;1-8H;1H4. The predicted octanol–water partition coefficient (Wildman–Crippen LogP) is 31.0. The molecule has 0 bridgehead atoms. The zero-order chi connectivity index (χ0) is 73.7. The third-order valence-corrected chi connectivity index (χ3v) is 23.2. The van der Waals surface area contributed by atoms with Gasteiger partial charge in [-0.3, -0.25) is 0 Å². The van der Waals surface area contributed by atoms with Crippen molar-refractivity contribution in [3.8, 4) is 77.9 Å². The zero-order valence-electron chi connectivity index (χ0n) is 64.7. The number of hydrogen-bond donors (Lipinski definition) is 0. The summed E-state index contributed by atoms with van der Waals surface area (Å²) in [5, 5.41) is 0. The summed E-state index contributed by atoms with van der Waals surface area (Å²) < 4.78 is 16.8. The molecule has 1 fully saturated rings. The fraction of sp³-hybridized carbons (Fsp3) is 0.394. The van der Waals surface area contributed by atoms with E-state index >= 15 is 0 Å². The van der Waals surface area contributed by atoms with Gasteiger partial charge in [-0.15, -0.1) is 0 Å². The maximum atomic E-state index is 6.63. The summed E-state index contributed by atoms with van der Waals surface area (Å²) in [6.45, 7) is 22.3. The molecule has 11 rings (SSSR count). The van der Waals surface area contributed by atoms with Gasteiger partial charge in [-0.25, -0.2) is 0 Å². The van der Waals surface area contributed by atoms with E-state index in [0.717, 1.165) is 34.6 Å². The van der Waals surface area contributed by atoms with Crippen molar-refractivity contribution in [2.24, 2.45) is 0 Å². The van der Waals surface area contributed by atoms with Gasteiger partial charge < -0.3 is 9.31 Å². The summed E-state index contributed by atoms with van der Waals surface area (Å²) in [5.41, 5.74) is 27.6. The van der Waals surface area contributed by atoms with Gasteiger partial charge in [-0.2, -0.15) is 0 Å². The number of unbranched alkanes of at least 4 members (excludes halogenated alkanes) is 14. The molecule has 105 heavy (non-hydrogen) atoms. The molecule has 1 aliphatic rings. The van der Waals surface area contributed by atoms with Crippen molar-refractivity contribution in [3.05, 3.63) is 264 Å². The fourth-order valence-electron chi connectivity index (χ4n) is 14.1. The second-order valence-electron chi connectivity index (χ2n) is 30.1. The highest BCUT2D eigenvalue weighted by atomic mass is 127. The third kappa shape index (κ3) is 25.2. The summed E-state index contributed by atoms with van der Waals surface area (Å²) in [4.78, 5) is 0. The normalized spacial score (nSPS) is 12.8. The van der Waals surface area contributed by atoms with Gasteiger partial charge in [-0.05, 0) is 280 Å². The van der Waals surface area contributed by atoms with Crippen LogP contribution in [0.4, 0.5) is 0 Å². The van der Waals surface area contributed by atoms with E-state index in [1.54, 1.807) is 0 Å². The van der Waals surface area contributed by atoms with E-state index in [9.17, 15) is 0 Å². The molecular formula is C99H122BBr2IO2. The molecule has 0 unspecified atom stereocenters. The lowest BCUT2D eigenvalue weighted by atomic mass is 9.72. The Kier molecular flexibility index (Phi) is 35.2. The number of benzene rings is 10. The minimum atomic E-state index is -0.346. The monoisotopic (exact) mass is 1640 g/mol. The maximum absolute atomic E-state index is 6.63. The van der Waals surface area contributed by atoms with Gasteiger partial charge in [0, 0.05) is 12.5 Å². The zero-order valence-corrected chi connectivity index (χ0v) is 70.0. The molecule has 554 valence electrons. The van der Waals surface area contributed by atoms with Crippen LogP contribution in [0.5, 0.6) is 0 Å². The SMILES string of the molecule is Brc1ccc(-c2ccc(I)cc2)cc1.C.CCCCCCc1cc(-c2ccc(-c3ccc(CCCC)cc3)cc2)c(CCCCCC)cc1-c1ccc(-c2ccc(Br)cc2)cc1.CCCCCCc1cc(-c2ccc(-c3ccc(CCCC)cc3)cc2)c(CCCCCC)cc1B1OC(C)(C)C(C)(C)O1. The Balaban J connectivity index is 0.000000222. The van der Waals surface area contributed by atoms with Crippen molar-refractivity contribution in [1.29, 1.82) is 0 Å². The van der Waals surface area contributed by atoms with Gasteiger partial charge in [-0.1, -0.05) is 353 Å². The Labute approximate surface area is 667 Å². The van der Waals surface area contributed by atoms with Crippen LogP contribution in [0, 0.1) is 3.57 Å². The second kappa shape index (κ2) is 43.8. The lowest BCUT2D eigenvalue weighted by Gasteiger charge is -2.32. The average Bonchev–Trinajstić information content (AvgIpc) is 1.62. The van der Waals surface area contributed by atoms with Crippen molar-refractivity contribution >= 4 is 67.0 Å². The smallest absolute Gasteiger partial charge is 0.399 e. The van der Waals surface area contributed by atoms with E-state index in [1.807, 2.05) is 0 Å². The first-order valence-corrected chi connectivity index (χ1v) is 42.6. The second-order valence-corrected chi connectivity index (χ2v) is 33.1. The lowest BCUT2D eigenvalue weighted by Crippen LogP contribution is -2.41. The summed E-state index contributed by atoms with van der Waals surface area (Å²) in [7, 11) is -0.322. The Morgan fingerprint density at radius 3 is 0.810 bits per heavy atom. The molecule has 0 aromatic heterocycles. The highest BCUT2D eigenvalue weighted by Crippen LogP contribution is 2.40. The average molecular weight is 1640 g/mol. The molecule has 10 aromatic carbocycles. The van der Waals surface area contributed by atoms with Gasteiger partial charge in [0.05, 0.1) is 11.2 Å². The molecule has 0 N–H and O–H groups in total. The van der Waals surface area contributed by atoms with Gasteiger partial charge in [0.1, 0.15) is 0 Å². The van der Waals surface area contributed by atoms with Crippen molar-refractivity contribution in [3.63, 3.8) is 0 Å². The quantitative estimate of drug-likeness (QED) is 0.0227. The van der Waals surface area contributed by atoms with Crippen molar-refractivity contribution < 1.29 is 9.31 Å². The van der Waals surface area contributed by atoms with E-state index in [1.165, 1.54) is 262 Å². The number of aryl methyl sites for hydroxylation is 6. The molecule has 2 nitrogen and oxygen atoms in total. The van der Waals surface area contributed by atoms with E-state index in [-0.39, 0.29) is 25.7 Å². The van der Waals surface area contributed by atoms with Crippen molar-refractivity contribution in [2.75, 3.05) is 0 Å². The minimum Gasteiger partial charge on any atom is -0.399 e. The van der Waals surface area contributed by atoms with Crippen LogP contribution in [0.25, 0.3) is 77.9 Å². The van der Waals surface area contributed by atoms with Crippen molar-refractivity contribution in [1.82, 2.24) is 0 Å². The number of halogens is 3. The topological polar surface area (TPSA) is 18.5 Å². The van der Waals surface area contributed by atoms with Crippen LogP contribution in [0.2, 0.25) is 0 Å². The predicted molar refractivity (Wildman–Crippen MR) is 477 cm³/mol. The van der Waals surface area contributed by atoms with Crippen LogP contribution in [-0.2, 0) is 47.8 Å². The van der Waals surface area contributed by atoms with E-state index in [2.05, 4.69) is 342 Å². The molecule has 0 radical (unpaired) electrons. The van der Waals surface area contributed by atoms with E-state index in [0.29, 0.717) is 0 Å². The highest BCUT2D eigenvalue weighted by Gasteiger charge is 2.52. The van der Waals surface area contributed by atoms with Gasteiger partial charge >= 0.3 is 7.12 Å². The Morgan fingerprint density at radius 2 is 0.514 bits per heavy atom. The lowest BCUT2D eigenvalue weighted by molar-refractivity contribution is 0.00578. The van der Waals surface area contributed by atoms with Crippen LogP contribution in [0.1, 0.15) is 238 Å². The van der Waals surface area contributed by atoms with Gasteiger partial charge in [0.25, 0.3) is 0 Å². The van der Waals surface area contributed by atoms with Gasteiger partial charge in [0.2, 0.25) is 0 Å².